The van der Waals surface area contributed by atoms with Crippen LogP contribution >= 0.6 is 0 Å². The van der Waals surface area contributed by atoms with Gasteiger partial charge in [0.25, 0.3) is 0 Å². The van der Waals surface area contributed by atoms with E-state index in [1.54, 1.807) is 0 Å². The molecule has 0 heteroatoms. The van der Waals surface area contributed by atoms with Crippen LogP contribution in [-0.4, -0.2) is 0 Å². The van der Waals surface area contributed by atoms with Gasteiger partial charge in [-0.3, -0.25) is 0 Å². The molecule has 0 spiro atoms. The van der Waals surface area contributed by atoms with E-state index in [1.165, 1.54) is 34.2 Å². The Hall–Kier alpha value is -1.56. The highest BCUT2D eigenvalue weighted by molar-refractivity contribution is 5.40. The van der Waals surface area contributed by atoms with Crippen molar-refractivity contribution in [3.63, 3.8) is 0 Å². The van der Waals surface area contributed by atoms with Crippen molar-refractivity contribution in [2.24, 2.45) is 0 Å². The molecule has 0 amide bonds. The Bertz CT molecular complexity index is 741. The maximum absolute atomic E-state index is 2.46. The van der Waals surface area contributed by atoms with Crippen molar-refractivity contribution in [3.8, 4) is 0 Å². The minimum Gasteiger partial charge on any atom is -0.0588 e. The third-order valence-corrected chi connectivity index (χ3v) is 5.45. The smallest absolute Gasteiger partial charge is 0.0129 e. The van der Waals surface area contributed by atoms with Crippen molar-refractivity contribution in [1.82, 2.24) is 0 Å². The van der Waals surface area contributed by atoms with Gasteiger partial charge in [0.15, 0.2) is 0 Å². The molecule has 0 atom stereocenters. The van der Waals surface area contributed by atoms with E-state index in [0.717, 1.165) is 12.8 Å². The second-order valence-corrected chi connectivity index (χ2v) is 11.2. The van der Waals surface area contributed by atoms with Crippen molar-refractivity contribution in [2.75, 3.05) is 0 Å². The van der Waals surface area contributed by atoms with Crippen LogP contribution in [-0.2, 0) is 29.1 Å². The lowest BCUT2D eigenvalue weighted by molar-refractivity contribution is 0.529. The summed E-state index contributed by atoms with van der Waals surface area (Å²) >= 11 is 0. The third-order valence-electron chi connectivity index (χ3n) is 5.45. The first kappa shape index (κ1) is 21.7. The number of hydrogen-bond acceptors (Lipinski definition) is 0. The molecule has 27 heavy (non-hydrogen) atoms. The Morgan fingerprint density at radius 2 is 1.00 bits per heavy atom. The fourth-order valence-electron chi connectivity index (χ4n) is 3.69. The zero-order valence-corrected chi connectivity index (χ0v) is 19.2. The summed E-state index contributed by atoms with van der Waals surface area (Å²) in [5.74, 6) is 0. The first-order valence-corrected chi connectivity index (χ1v) is 10.5. The van der Waals surface area contributed by atoms with Crippen molar-refractivity contribution in [2.45, 2.75) is 97.8 Å². The van der Waals surface area contributed by atoms with Gasteiger partial charge >= 0.3 is 0 Å². The van der Waals surface area contributed by atoms with Gasteiger partial charge in [-0.05, 0) is 63.3 Å². The Morgan fingerprint density at radius 1 is 0.519 bits per heavy atom. The first-order valence-electron chi connectivity index (χ1n) is 10.5. The minimum atomic E-state index is 0.182. The zero-order chi connectivity index (χ0) is 20.5. The van der Waals surface area contributed by atoms with Crippen LogP contribution in [0.5, 0.6) is 0 Å². The Kier molecular flexibility index (Phi) is 6.30. The third kappa shape index (κ3) is 5.96. The zero-order valence-electron chi connectivity index (χ0n) is 19.2. The molecular formula is C27H40. The molecule has 2 aromatic carbocycles. The normalized spacial score (nSPS) is 13.1. The molecule has 0 bridgehead atoms. The van der Waals surface area contributed by atoms with Gasteiger partial charge in [0.05, 0.1) is 0 Å². The Morgan fingerprint density at radius 3 is 1.48 bits per heavy atom. The van der Waals surface area contributed by atoms with Gasteiger partial charge in [-0.25, -0.2) is 0 Å². The van der Waals surface area contributed by atoms with Crippen LogP contribution in [0, 0.1) is 0 Å². The van der Waals surface area contributed by atoms with Crippen LogP contribution in [0.25, 0.3) is 0 Å². The monoisotopic (exact) mass is 364 g/mol. The summed E-state index contributed by atoms with van der Waals surface area (Å²) in [7, 11) is 0. The van der Waals surface area contributed by atoms with E-state index >= 15 is 0 Å². The molecule has 0 unspecified atom stereocenters. The van der Waals surface area contributed by atoms with Crippen molar-refractivity contribution < 1.29 is 0 Å². The standard InChI is InChI=1S/C27H40/c1-25(2,3)22-16-13-20(14-17-22)11-10-12-21-15-18-23(26(4,5)6)24(19-21)27(7,8)9/h13-19H,10-12H2,1-9H3. The lowest BCUT2D eigenvalue weighted by Gasteiger charge is -2.30. The predicted octanol–water partition coefficient (Wildman–Crippen LogP) is 7.75. The van der Waals surface area contributed by atoms with Gasteiger partial charge in [0, 0.05) is 0 Å². The first-order chi connectivity index (χ1) is 12.3. The SMILES string of the molecule is CC(C)(C)c1ccc(CCCc2ccc(C(C)(C)C)c(C(C)(C)C)c2)cc1. The van der Waals surface area contributed by atoms with E-state index in [0.29, 0.717) is 0 Å². The second kappa shape index (κ2) is 7.82. The maximum atomic E-state index is 2.46. The number of rotatable bonds is 4. The van der Waals surface area contributed by atoms with Gasteiger partial charge in [-0.1, -0.05) is 105 Å². The molecular weight excluding hydrogens is 324 g/mol. The van der Waals surface area contributed by atoms with Gasteiger partial charge in [0.2, 0.25) is 0 Å². The summed E-state index contributed by atoms with van der Waals surface area (Å²) in [5.41, 5.74) is 7.93. The van der Waals surface area contributed by atoms with Crippen molar-refractivity contribution in [3.05, 3.63) is 70.3 Å². The fourth-order valence-corrected chi connectivity index (χ4v) is 3.69. The van der Waals surface area contributed by atoms with Crippen LogP contribution in [0.1, 0.15) is 96.6 Å². The summed E-state index contributed by atoms with van der Waals surface area (Å²) in [6.45, 7) is 20.8. The Labute approximate surface area is 168 Å². The molecule has 2 rings (SSSR count). The van der Waals surface area contributed by atoms with E-state index in [2.05, 4.69) is 105 Å². The van der Waals surface area contributed by atoms with E-state index in [1.807, 2.05) is 0 Å². The highest BCUT2D eigenvalue weighted by Gasteiger charge is 2.25. The molecule has 2 aromatic rings. The van der Waals surface area contributed by atoms with E-state index < -0.39 is 0 Å². The molecule has 0 N–H and O–H groups in total. The molecule has 0 fully saturated rings. The highest BCUT2D eigenvalue weighted by Crippen LogP contribution is 2.34. The van der Waals surface area contributed by atoms with Crippen LogP contribution in [0.2, 0.25) is 0 Å². The molecule has 0 aromatic heterocycles. The molecule has 0 saturated heterocycles. The van der Waals surface area contributed by atoms with Gasteiger partial charge < -0.3 is 0 Å². The van der Waals surface area contributed by atoms with Gasteiger partial charge in [-0.2, -0.15) is 0 Å². The quantitative estimate of drug-likeness (QED) is 0.520. The van der Waals surface area contributed by atoms with Crippen molar-refractivity contribution in [1.29, 1.82) is 0 Å². The van der Waals surface area contributed by atoms with Gasteiger partial charge in [0.1, 0.15) is 0 Å². The summed E-state index contributed by atoms with van der Waals surface area (Å²) in [4.78, 5) is 0. The van der Waals surface area contributed by atoms with E-state index in [4.69, 9.17) is 0 Å². The maximum Gasteiger partial charge on any atom is -0.0129 e. The summed E-state index contributed by atoms with van der Waals surface area (Å²) in [6, 6.07) is 16.4. The van der Waals surface area contributed by atoms with Crippen LogP contribution < -0.4 is 0 Å². The molecule has 0 heterocycles. The molecule has 148 valence electrons. The summed E-state index contributed by atoms with van der Waals surface area (Å²) in [6.07, 6.45) is 3.50. The summed E-state index contributed by atoms with van der Waals surface area (Å²) < 4.78 is 0. The largest absolute Gasteiger partial charge is 0.0588 e. The second-order valence-electron chi connectivity index (χ2n) is 11.2. The molecule has 0 saturated carbocycles. The number of hydrogen-bond donors (Lipinski definition) is 0. The highest BCUT2D eigenvalue weighted by atomic mass is 14.3. The average molecular weight is 365 g/mol. The Balaban J connectivity index is 2.08. The van der Waals surface area contributed by atoms with E-state index in [9.17, 15) is 0 Å². The minimum absolute atomic E-state index is 0.182. The summed E-state index contributed by atoms with van der Waals surface area (Å²) in [5, 5.41) is 0. The topological polar surface area (TPSA) is 0 Å². The van der Waals surface area contributed by atoms with Crippen LogP contribution in [0.4, 0.5) is 0 Å². The molecule has 0 aliphatic carbocycles. The molecule has 0 aliphatic heterocycles. The molecule has 0 nitrogen and oxygen atoms in total. The lowest BCUT2D eigenvalue weighted by Crippen LogP contribution is -2.22. The number of benzene rings is 2. The van der Waals surface area contributed by atoms with Crippen molar-refractivity contribution >= 4 is 0 Å². The van der Waals surface area contributed by atoms with Gasteiger partial charge in [-0.15, -0.1) is 0 Å². The predicted molar refractivity (Wildman–Crippen MR) is 121 cm³/mol. The number of aryl methyl sites for hydroxylation is 2. The van der Waals surface area contributed by atoms with Crippen LogP contribution in [0.15, 0.2) is 42.5 Å². The average Bonchev–Trinajstić information content (AvgIpc) is 2.52. The molecule has 0 aliphatic rings. The lowest BCUT2D eigenvalue weighted by atomic mass is 9.74. The molecule has 0 radical (unpaired) electrons. The van der Waals surface area contributed by atoms with E-state index in [-0.39, 0.29) is 16.2 Å². The van der Waals surface area contributed by atoms with Crippen LogP contribution in [0.3, 0.4) is 0 Å². The fraction of sp³-hybridized carbons (Fsp3) is 0.556.